The summed E-state index contributed by atoms with van der Waals surface area (Å²) in [7, 11) is 0. The molecule has 0 aliphatic heterocycles. The maximum absolute atomic E-state index is 12.8. The fourth-order valence-electron chi connectivity index (χ4n) is 3.06. The Morgan fingerprint density at radius 3 is 2.74 bits per heavy atom. The predicted octanol–water partition coefficient (Wildman–Crippen LogP) is 4.16. The molecule has 1 amide bonds. The number of carbonyl (C=O) groups excluding carboxylic acids is 1. The van der Waals surface area contributed by atoms with E-state index in [2.05, 4.69) is 19.8 Å². The third kappa shape index (κ3) is 4.00. The van der Waals surface area contributed by atoms with E-state index in [9.17, 15) is 26.7 Å². The summed E-state index contributed by atoms with van der Waals surface area (Å²) < 4.78 is 68.7. The molecule has 0 aromatic carbocycles. The summed E-state index contributed by atoms with van der Waals surface area (Å²) in [5.41, 5.74) is 1.83. The van der Waals surface area contributed by atoms with Crippen LogP contribution in [0.5, 0.6) is 5.88 Å². The normalized spacial score (nSPS) is 13.1. The Morgan fingerprint density at radius 2 is 2.03 bits per heavy atom. The molecule has 12 heteroatoms. The number of H-pyrrole nitrogens is 1. The quantitative estimate of drug-likeness (QED) is 0.458. The van der Waals surface area contributed by atoms with Gasteiger partial charge >= 0.3 is 12.8 Å². The van der Waals surface area contributed by atoms with E-state index in [0.717, 1.165) is 6.92 Å². The van der Waals surface area contributed by atoms with Gasteiger partial charge in [0.25, 0.3) is 5.91 Å². The second-order valence-electron chi connectivity index (χ2n) is 6.67. The minimum absolute atomic E-state index is 0.0245. The van der Waals surface area contributed by atoms with Crippen LogP contribution >= 0.6 is 0 Å². The highest BCUT2D eigenvalue weighted by Gasteiger charge is 2.37. The number of halogens is 5. The van der Waals surface area contributed by atoms with E-state index in [0.29, 0.717) is 27.7 Å². The summed E-state index contributed by atoms with van der Waals surface area (Å²) in [6, 6.07) is 4.09. The topological polar surface area (TPSA) is 84.3 Å². The summed E-state index contributed by atoms with van der Waals surface area (Å²) in [6.45, 7) is -2.16. The van der Waals surface area contributed by atoms with Crippen LogP contribution in [0.2, 0.25) is 0 Å². The zero-order valence-electron chi connectivity index (χ0n) is 15.7. The molecule has 2 N–H and O–H groups in total. The zero-order valence-corrected chi connectivity index (χ0v) is 15.7. The molecule has 0 aliphatic rings. The lowest BCUT2D eigenvalue weighted by Gasteiger charge is -2.16. The van der Waals surface area contributed by atoms with Crippen molar-refractivity contribution in [3.05, 3.63) is 48.4 Å². The molecule has 4 rings (SSSR count). The smallest absolute Gasteiger partial charge is 0.408 e. The Kier molecular flexibility index (Phi) is 4.99. The van der Waals surface area contributed by atoms with Gasteiger partial charge in [0, 0.05) is 29.4 Å². The Bertz CT molecular complexity index is 1260. The molecular formula is C19H14F5N5O2. The second-order valence-corrected chi connectivity index (χ2v) is 6.67. The number of alkyl halides is 5. The highest BCUT2D eigenvalue weighted by atomic mass is 19.4. The number of amides is 1. The van der Waals surface area contributed by atoms with Crippen molar-refractivity contribution in [1.29, 1.82) is 0 Å². The Labute approximate surface area is 170 Å². The van der Waals surface area contributed by atoms with E-state index in [-0.39, 0.29) is 11.4 Å². The van der Waals surface area contributed by atoms with Crippen LogP contribution < -0.4 is 10.1 Å². The predicted molar refractivity (Wildman–Crippen MR) is 99.9 cm³/mol. The first-order valence-electron chi connectivity index (χ1n) is 8.92. The van der Waals surface area contributed by atoms with Crippen LogP contribution in [-0.4, -0.2) is 44.3 Å². The number of hydrogen-bond acceptors (Lipinski definition) is 4. The number of rotatable bonds is 5. The monoisotopic (exact) mass is 439 g/mol. The first kappa shape index (κ1) is 20.6. The lowest BCUT2D eigenvalue weighted by molar-refractivity contribution is -0.149. The van der Waals surface area contributed by atoms with E-state index in [1.54, 1.807) is 30.6 Å². The molecule has 0 bridgehead atoms. The van der Waals surface area contributed by atoms with Gasteiger partial charge in [-0.05, 0) is 30.7 Å². The van der Waals surface area contributed by atoms with Gasteiger partial charge in [0.05, 0.1) is 17.3 Å². The third-order valence-electron chi connectivity index (χ3n) is 4.64. The molecule has 31 heavy (non-hydrogen) atoms. The van der Waals surface area contributed by atoms with E-state index in [1.807, 2.05) is 5.32 Å². The van der Waals surface area contributed by atoms with Gasteiger partial charge in [-0.15, -0.1) is 0 Å². The molecule has 4 aromatic rings. The molecule has 4 aromatic heterocycles. The van der Waals surface area contributed by atoms with Crippen molar-refractivity contribution in [2.75, 3.05) is 0 Å². The van der Waals surface area contributed by atoms with Crippen LogP contribution in [0.15, 0.2) is 42.9 Å². The largest absolute Gasteiger partial charge is 0.417 e. The number of nitrogens with one attached hydrogen (secondary N) is 2. The lowest BCUT2D eigenvalue weighted by Crippen LogP contribution is -2.43. The zero-order chi connectivity index (χ0) is 22.3. The number of aromatic nitrogens is 4. The summed E-state index contributed by atoms with van der Waals surface area (Å²) in [6.07, 6.45) is -0.247. The van der Waals surface area contributed by atoms with Gasteiger partial charge < -0.3 is 15.0 Å². The van der Waals surface area contributed by atoms with Crippen molar-refractivity contribution < 1.29 is 31.5 Å². The molecule has 0 fully saturated rings. The number of aromatic amines is 1. The average Bonchev–Trinajstić information content (AvgIpc) is 3.29. The number of carbonyl (C=O) groups is 1. The van der Waals surface area contributed by atoms with Crippen LogP contribution in [0, 0.1) is 0 Å². The summed E-state index contributed by atoms with van der Waals surface area (Å²) in [5.74, 6) is -1.16. The van der Waals surface area contributed by atoms with Gasteiger partial charge in [-0.3, -0.25) is 4.79 Å². The molecule has 7 nitrogen and oxygen atoms in total. The Balaban J connectivity index is 1.70. The maximum atomic E-state index is 12.8. The van der Waals surface area contributed by atoms with Gasteiger partial charge in [-0.1, -0.05) is 0 Å². The molecule has 1 atom stereocenters. The molecule has 0 saturated heterocycles. The molecule has 4 heterocycles. The van der Waals surface area contributed by atoms with E-state index in [4.69, 9.17) is 0 Å². The van der Waals surface area contributed by atoms with Crippen LogP contribution in [0.1, 0.15) is 17.3 Å². The van der Waals surface area contributed by atoms with Crippen LogP contribution in [0.3, 0.4) is 0 Å². The van der Waals surface area contributed by atoms with E-state index >= 15 is 0 Å². The fraction of sp³-hybridized carbons (Fsp3) is 0.211. The number of fused-ring (bicyclic) bond motifs is 2. The van der Waals surface area contributed by atoms with Crippen LogP contribution in [0.4, 0.5) is 22.0 Å². The number of ether oxygens (including phenoxy) is 1. The Hall–Kier alpha value is -3.70. The standard InChI is InChI=1S/C19H14F5N5O2/c1-9(19(22,23)24)27-17(30)13-8-26-29-5-4-10(6-14(13)29)12-7-25-16-11(12)2-3-15(28-16)31-18(20)21/h2-9,18H,1H3,(H,25,28)(H,27,30)/t9-/m1/s1. The number of nitrogens with zero attached hydrogens (tertiary/aromatic N) is 3. The van der Waals surface area contributed by atoms with E-state index < -0.39 is 24.7 Å². The molecule has 0 radical (unpaired) electrons. The first-order valence-corrected chi connectivity index (χ1v) is 8.92. The number of pyridine rings is 2. The summed E-state index contributed by atoms with van der Waals surface area (Å²) >= 11 is 0. The molecular weight excluding hydrogens is 425 g/mol. The van der Waals surface area contributed by atoms with Gasteiger partial charge in [0.15, 0.2) is 0 Å². The molecule has 162 valence electrons. The SMILES string of the molecule is C[C@@H](NC(=O)c1cnn2ccc(-c3c[nH]c4nc(OC(F)F)ccc34)cc12)C(F)(F)F. The second kappa shape index (κ2) is 7.52. The highest BCUT2D eigenvalue weighted by molar-refractivity contribution is 6.02. The van der Waals surface area contributed by atoms with E-state index in [1.165, 1.54) is 16.8 Å². The molecule has 0 spiro atoms. The van der Waals surface area contributed by atoms with Crippen molar-refractivity contribution in [3.63, 3.8) is 0 Å². The van der Waals surface area contributed by atoms with Crippen LogP contribution in [0.25, 0.3) is 27.7 Å². The molecule has 0 aliphatic carbocycles. The molecule has 0 saturated carbocycles. The van der Waals surface area contributed by atoms with Gasteiger partial charge in [0.2, 0.25) is 5.88 Å². The maximum Gasteiger partial charge on any atom is 0.408 e. The number of hydrogen-bond donors (Lipinski definition) is 2. The van der Waals surface area contributed by atoms with Crippen molar-refractivity contribution in [3.8, 4) is 17.0 Å². The summed E-state index contributed by atoms with van der Waals surface area (Å²) in [4.78, 5) is 19.2. The summed E-state index contributed by atoms with van der Waals surface area (Å²) in [5, 5.41) is 6.51. The van der Waals surface area contributed by atoms with Crippen LogP contribution in [-0.2, 0) is 0 Å². The Morgan fingerprint density at radius 1 is 1.26 bits per heavy atom. The fourth-order valence-corrected chi connectivity index (χ4v) is 3.06. The average molecular weight is 439 g/mol. The van der Waals surface area contributed by atoms with Gasteiger partial charge in [0.1, 0.15) is 11.7 Å². The van der Waals surface area contributed by atoms with Crippen molar-refractivity contribution in [1.82, 2.24) is 24.9 Å². The van der Waals surface area contributed by atoms with Crippen molar-refractivity contribution >= 4 is 22.5 Å². The lowest BCUT2D eigenvalue weighted by atomic mass is 10.1. The third-order valence-corrected chi connectivity index (χ3v) is 4.64. The molecule has 0 unspecified atom stereocenters. The van der Waals surface area contributed by atoms with Gasteiger partial charge in [-0.2, -0.15) is 32.0 Å². The van der Waals surface area contributed by atoms with Crippen molar-refractivity contribution in [2.45, 2.75) is 25.8 Å². The minimum atomic E-state index is -4.58. The van der Waals surface area contributed by atoms with Gasteiger partial charge in [-0.25, -0.2) is 4.52 Å². The first-order chi connectivity index (χ1) is 14.6. The van der Waals surface area contributed by atoms with Crippen molar-refractivity contribution in [2.24, 2.45) is 0 Å². The minimum Gasteiger partial charge on any atom is -0.417 e. The highest BCUT2D eigenvalue weighted by Crippen LogP contribution is 2.30.